The Morgan fingerprint density at radius 1 is 0.963 bits per heavy atom. The third-order valence-corrected chi connectivity index (χ3v) is 4.00. The molecule has 6 heteroatoms. The number of rotatable bonds is 6. The fraction of sp³-hybridized carbons (Fsp3) is 0.143. The average molecular weight is 363 g/mol. The zero-order valence-corrected chi connectivity index (χ0v) is 15.4. The second-order valence-corrected chi connectivity index (χ2v) is 5.94. The Hall–Kier alpha value is -3.54. The molecule has 1 amide bonds. The molecule has 1 aromatic heterocycles. The van der Waals surface area contributed by atoms with Crippen LogP contribution >= 0.6 is 0 Å². The van der Waals surface area contributed by atoms with Gasteiger partial charge in [0.2, 0.25) is 0 Å². The first-order valence-corrected chi connectivity index (χ1v) is 8.42. The number of amides is 1. The molecule has 0 aliphatic carbocycles. The highest BCUT2D eigenvalue weighted by Gasteiger charge is 2.11. The van der Waals surface area contributed by atoms with Crippen LogP contribution in [0.25, 0.3) is 0 Å². The molecule has 2 N–H and O–H groups in total. The van der Waals surface area contributed by atoms with Gasteiger partial charge in [-0.3, -0.25) is 4.79 Å². The maximum atomic E-state index is 12.5. The summed E-state index contributed by atoms with van der Waals surface area (Å²) in [6.45, 7) is 2.03. The summed E-state index contributed by atoms with van der Waals surface area (Å²) in [4.78, 5) is 16.8. The van der Waals surface area contributed by atoms with Gasteiger partial charge in [0.25, 0.3) is 5.91 Å². The lowest BCUT2D eigenvalue weighted by Crippen LogP contribution is -2.13. The second-order valence-electron chi connectivity index (χ2n) is 5.94. The summed E-state index contributed by atoms with van der Waals surface area (Å²) in [5.74, 6) is 1.56. The summed E-state index contributed by atoms with van der Waals surface area (Å²) >= 11 is 0. The zero-order valence-electron chi connectivity index (χ0n) is 15.4. The normalized spacial score (nSPS) is 10.2. The number of nitrogens with one attached hydrogen (secondary N) is 2. The molecule has 0 spiro atoms. The van der Waals surface area contributed by atoms with Gasteiger partial charge in [-0.2, -0.15) is 0 Å². The summed E-state index contributed by atoms with van der Waals surface area (Å²) in [5.41, 5.74) is 3.10. The van der Waals surface area contributed by atoms with Gasteiger partial charge < -0.3 is 20.1 Å². The first kappa shape index (κ1) is 18.3. The third-order valence-electron chi connectivity index (χ3n) is 4.00. The fourth-order valence-corrected chi connectivity index (χ4v) is 2.49. The SMILES string of the molecule is COc1ccc(OC)c(NC(=O)c2ccc(Nc3ccc(C)cc3)nc2)c1. The molecule has 3 rings (SSSR count). The highest BCUT2D eigenvalue weighted by atomic mass is 16.5. The van der Waals surface area contributed by atoms with Gasteiger partial charge >= 0.3 is 0 Å². The summed E-state index contributed by atoms with van der Waals surface area (Å²) < 4.78 is 10.5. The maximum Gasteiger partial charge on any atom is 0.257 e. The van der Waals surface area contributed by atoms with Crippen molar-refractivity contribution in [2.75, 3.05) is 24.9 Å². The minimum atomic E-state index is -0.282. The molecule has 0 aliphatic rings. The first-order valence-electron chi connectivity index (χ1n) is 8.42. The van der Waals surface area contributed by atoms with Crippen LogP contribution in [0.5, 0.6) is 11.5 Å². The Morgan fingerprint density at radius 3 is 2.37 bits per heavy atom. The number of aromatic nitrogens is 1. The zero-order chi connectivity index (χ0) is 19.2. The standard InChI is InChI=1S/C21H21N3O3/c1-14-4-7-16(8-5-14)23-20-11-6-15(13-22-20)21(25)24-18-12-17(26-2)9-10-19(18)27-3/h4-13H,1-3H3,(H,22,23)(H,24,25). The van der Waals surface area contributed by atoms with Crippen molar-refractivity contribution in [2.24, 2.45) is 0 Å². The molecular weight excluding hydrogens is 342 g/mol. The quantitative estimate of drug-likeness (QED) is 0.679. The van der Waals surface area contributed by atoms with Crippen molar-refractivity contribution in [1.82, 2.24) is 4.98 Å². The lowest BCUT2D eigenvalue weighted by molar-refractivity contribution is 0.102. The number of anilines is 3. The Balaban J connectivity index is 1.71. The summed E-state index contributed by atoms with van der Waals surface area (Å²) in [5, 5.41) is 6.02. The van der Waals surface area contributed by atoms with E-state index < -0.39 is 0 Å². The number of ether oxygens (including phenoxy) is 2. The van der Waals surface area contributed by atoms with Crippen molar-refractivity contribution in [3.63, 3.8) is 0 Å². The van der Waals surface area contributed by atoms with Crippen LogP contribution in [0, 0.1) is 6.92 Å². The molecule has 3 aromatic rings. The number of pyridine rings is 1. The van der Waals surface area contributed by atoms with Gasteiger partial charge in [-0.25, -0.2) is 4.98 Å². The highest BCUT2D eigenvalue weighted by molar-refractivity contribution is 6.05. The third kappa shape index (κ3) is 4.55. The molecule has 0 atom stereocenters. The van der Waals surface area contributed by atoms with Crippen LogP contribution in [0.4, 0.5) is 17.2 Å². The van der Waals surface area contributed by atoms with Gasteiger partial charge in [-0.05, 0) is 43.3 Å². The van der Waals surface area contributed by atoms with Crippen LogP contribution in [-0.2, 0) is 0 Å². The van der Waals surface area contributed by atoms with Gasteiger partial charge in [-0.15, -0.1) is 0 Å². The predicted molar refractivity (Wildman–Crippen MR) is 106 cm³/mol. The van der Waals surface area contributed by atoms with Gasteiger partial charge in [0.05, 0.1) is 25.5 Å². The van der Waals surface area contributed by atoms with E-state index in [1.165, 1.54) is 11.8 Å². The minimum absolute atomic E-state index is 0.282. The molecule has 0 saturated heterocycles. The van der Waals surface area contributed by atoms with Gasteiger partial charge in [0.1, 0.15) is 17.3 Å². The van der Waals surface area contributed by atoms with Gasteiger partial charge in [-0.1, -0.05) is 17.7 Å². The summed E-state index contributed by atoms with van der Waals surface area (Å²) in [6.07, 6.45) is 1.53. The summed E-state index contributed by atoms with van der Waals surface area (Å²) in [7, 11) is 3.11. The van der Waals surface area contributed by atoms with Crippen molar-refractivity contribution < 1.29 is 14.3 Å². The lowest BCUT2D eigenvalue weighted by Gasteiger charge is -2.12. The van der Waals surface area contributed by atoms with E-state index in [4.69, 9.17) is 9.47 Å². The molecular formula is C21H21N3O3. The van der Waals surface area contributed by atoms with Crippen LogP contribution in [0.1, 0.15) is 15.9 Å². The molecule has 0 bridgehead atoms. The number of carbonyl (C=O) groups is 1. The molecule has 0 fully saturated rings. The minimum Gasteiger partial charge on any atom is -0.497 e. The second kappa shape index (κ2) is 8.23. The largest absolute Gasteiger partial charge is 0.497 e. The van der Waals surface area contributed by atoms with E-state index in [1.54, 1.807) is 44.6 Å². The van der Waals surface area contributed by atoms with Crippen molar-refractivity contribution in [3.8, 4) is 11.5 Å². The lowest BCUT2D eigenvalue weighted by atomic mass is 10.2. The van der Waals surface area contributed by atoms with Crippen LogP contribution in [-0.4, -0.2) is 25.1 Å². The molecule has 1 heterocycles. The molecule has 0 aliphatic heterocycles. The molecule has 6 nitrogen and oxygen atoms in total. The summed E-state index contributed by atoms with van der Waals surface area (Å²) in [6, 6.07) is 16.7. The number of carbonyl (C=O) groups excluding carboxylic acids is 1. The van der Waals surface area contributed by atoms with Crippen molar-refractivity contribution in [3.05, 3.63) is 71.9 Å². The number of methoxy groups -OCH3 is 2. The Labute approximate surface area is 158 Å². The Bertz CT molecular complexity index is 922. The topological polar surface area (TPSA) is 72.5 Å². The fourth-order valence-electron chi connectivity index (χ4n) is 2.49. The number of hydrogen-bond donors (Lipinski definition) is 2. The van der Waals surface area contributed by atoms with Crippen molar-refractivity contribution in [1.29, 1.82) is 0 Å². The van der Waals surface area contributed by atoms with Gasteiger partial charge in [0.15, 0.2) is 0 Å². The number of nitrogens with zero attached hydrogens (tertiary/aromatic N) is 1. The monoisotopic (exact) mass is 363 g/mol. The van der Waals surface area contributed by atoms with E-state index in [-0.39, 0.29) is 5.91 Å². The highest BCUT2D eigenvalue weighted by Crippen LogP contribution is 2.29. The molecule has 0 unspecified atom stereocenters. The van der Waals surface area contributed by atoms with Crippen LogP contribution in [0.3, 0.4) is 0 Å². The Morgan fingerprint density at radius 2 is 1.74 bits per heavy atom. The smallest absolute Gasteiger partial charge is 0.257 e. The molecule has 138 valence electrons. The van der Waals surface area contributed by atoms with Crippen LogP contribution < -0.4 is 20.1 Å². The Kier molecular flexibility index (Phi) is 5.56. The van der Waals surface area contributed by atoms with E-state index in [0.29, 0.717) is 28.6 Å². The van der Waals surface area contributed by atoms with Crippen LogP contribution in [0.2, 0.25) is 0 Å². The molecule has 0 radical (unpaired) electrons. The van der Waals surface area contributed by atoms with E-state index in [0.717, 1.165) is 5.69 Å². The van der Waals surface area contributed by atoms with Crippen LogP contribution in [0.15, 0.2) is 60.8 Å². The maximum absolute atomic E-state index is 12.5. The molecule has 27 heavy (non-hydrogen) atoms. The van der Waals surface area contributed by atoms with E-state index in [9.17, 15) is 4.79 Å². The average Bonchev–Trinajstić information content (AvgIpc) is 2.70. The van der Waals surface area contributed by atoms with E-state index in [1.807, 2.05) is 31.2 Å². The number of hydrogen-bond acceptors (Lipinski definition) is 5. The van der Waals surface area contributed by atoms with Crippen molar-refractivity contribution in [2.45, 2.75) is 6.92 Å². The first-order chi connectivity index (χ1) is 13.1. The predicted octanol–water partition coefficient (Wildman–Crippen LogP) is 4.40. The number of aryl methyl sites for hydroxylation is 1. The van der Waals surface area contributed by atoms with Gasteiger partial charge in [0, 0.05) is 18.0 Å². The molecule has 0 saturated carbocycles. The van der Waals surface area contributed by atoms with E-state index in [2.05, 4.69) is 15.6 Å². The molecule has 2 aromatic carbocycles. The number of benzene rings is 2. The van der Waals surface area contributed by atoms with E-state index >= 15 is 0 Å². The van der Waals surface area contributed by atoms with Crippen molar-refractivity contribution >= 4 is 23.1 Å².